The Bertz CT molecular complexity index is 790. The van der Waals surface area contributed by atoms with Crippen LogP contribution in [0.5, 0.6) is 0 Å². The number of nitrogens with zero attached hydrogens (tertiary/aromatic N) is 4. The van der Waals surface area contributed by atoms with Crippen molar-refractivity contribution >= 4 is 34.5 Å². The van der Waals surface area contributed by atoms with Crippen molar-refractivity contribution < 1.29 is 0 Å². The topological polar surface area (TPSA) is 70.5 Å². The minimum atomic E-state index is -0.248. The lowest BCUT2D eigenvalue weighted by atomic mass is 9.97. The number of hydrogen-bond acceptors (Lipinski definition) is 8. The lowest BCUT2D eigenvalue weighted by Gasteiger charge is -2.28. The second-order valence-electron chi connectivity index (χ2n) is 5.86. The zero-order chi connectivity index (χ0) is 17.6. The van der Waals surface area contributed by atoms with Crippen molar-refractivity contribution in [2.45, 2.75) is 25.0 Å². The van der Waals surface area contributed by atoms with Crippen molar-refractivity contribution in [1.29, 1.82) is 0 Å². The summed E-state index contributed by atoms with van der Waals surface area (Å²) in [5.41, 5.74) is 8.40. The van der Waals surface area contributed by atoms with Crippen LogP contribution in [-0.4, -0.2) is 40.6 Å². The highest BCUT2D eigenvalue weighted by atomic mass is 32.2. The molecule has 2 aliphatic heterocycles. The maximum absolute atomic E-state index is 10.1. The summed E-state index contributed by atoms with van der Waals surface area (Å²) in [5, 5.41) is 13.1. The highest BCUT2D eigenvalue weighted by molar-refractivity contribution is 8.00. The van der Waals surface area contributed by atoms with E-state index in [1.165, 1.54) is 48.1 Å². The van der Waals surface area contributed by atoms with Gasteiger partial charge in [-0.3, -0.25) is 10.2 Å². The molecule has 2 aliphatic rings. The van der Waals surface area contributed by atoms with Crippen LogP contribution in [0.25, 0.3) is 0 Å². The fourth-order valence-corrected chi connectivity index (χ4v) is 3.98. The number of aromatic nitrogens is 2. The molecule has 1 aromatic carbocycles. The summed E-state index contributed by atoms with van der Waals surface area (Å²) in [7, 11) is 2.18. The zero-order valence-corrected chi connectivity index (χ0v) is 15.9. The standard InChI is InChI=1S/C14H19N3S.C3H2N2OS/c1-10-14(16-15-9-18-10)12-5-6-13-11(8-12)4-3-7-17(13)2;6-3-5-4-1-2-7-3/h5-6,8,10,15H,3-4,7,9H2,1-2H3;1-2H. The van der Waals surface area contributed by atoms with Gasteiger partial charge in [-0.2, -0.15) is 10.2 Å². The number of fused-ring (bicyclic) bond motifs is 1. The van der Waals surface area contributed by atoms with Crippen LogP contribution >= 0.6 is 23.1 Å². The third-order valence-electron chi connectivity index (χ3n) is 4.14. The van der Waals surface area contributed by atoms with Crippen molar-refractivity contribution in [2.75, 3.05) is 24.4 Å². The van der Waals surface area contributed by atoms with Crippen molar-refractivity contribution in [1.82, 2.24) is 15.6 Å². The first-order chi connectivity index (χ1) is 12.1. The molecule has 1 unspecified atom stereocenters. The van der Waals surface area contributed by atoms with Crippen LogP contribution in [0.3, 0.4) is 0 Å². The molecule has 4 rings (SSSR count). The largest absolute Gasteiger partial charge is 0.374 e. The number of aryl methyl sites for hydroxylation is 1. The molecule has 0 saturated heterocycles. The molecule has 0 radical (unpaired) electrons. The van der Waals surface area contributed by atoms with E-state index in [0.717, 1.165) is 17.2 Å². The Hall–Kier alpha value is -1.93. The van der Waals surface area contributed by atoms with Gasteiger partial charge in [-0.1, -0.05) is 22.5 Å². The Labute approximate surface area is 155 Å². The van der Waals surface area contributed by atoms with Crippen molar-refractivity contribution in [2.24, 2.45) is 5.10 Å². The lowest BCUT2D eigenvalue weighted by molar-refractivity contribution is 0.744. The first-order valence-corrected chi connectivity index (χ1v) is 10.1. The number of nitrogens with one attached hydrogen (secondary N) is 1. The van der Waals surface area contributed by atoms with Gasteiger partial charge in [-0.05, 0) is 43.0 Å². The molecule has 25 heavy (non-hydrogen) atoms. The highest BCUT2D eigenvalue weighted by Gasteiger charge is 2.20. The first kappa shape index (κ1) is 17.9. The normalized spacial score (nSPS) is 19.0. The minimum absolute atomic E-state index is 0.248. The molecule has 2 aromatic rings. The van der Waals surface area contributed by atoms with Crippen LogP contribution in [-0.2, 0) is 6.42 Å². The number of hydrazone groups is 1. The Morgan fingerprint density at radius 1 is 1.36 bits per heavy atom. The summed E-state index contributed by atoms with van der Waals surface area (Å²) >= 11 is 2.94. The summed E-state index contributed by atoms with van der Waals surface area (Å²) in [4.78, 5) is 12.2. The summed E-state index contributed by atoms with van der Waals surface area (Å²) < 4.78 is 0. The van der Waals surface area contributed by atoms with E-state index in [0.29, 0.717) is 5.25 Å². The molecule has 132 valence electrons. The van der Waals surface area contributed by atoms with Gasteiger partial charge in [-0.15, -0.1) is 11.8 Å². The SMILES string of the molecule is CC1SCNN=C1c1ccc2c(c1)CCCN2C.O=c1nnccs1. The van der Waals surface area contributed by atoms with Crippen LogP contribution in [0, 0.1) is 0 Å². The molecular weight excluding hydrogens is 354 g/mol. The van der Waals surface area contributed by atoms with Gasteiger partial charge in [-0.25, -0.2) is 0 Å². The van der Waals surface area contributed by atoms with E-state index in [-0.39, 0.29) is 4.87 Å². The quantitative estimate of drug-likeness (QED) is 0.825. The van der Waals surface area contributed by atoms with Crippen LogP contribution in [0.4, 0.5) is 5.69 Å². The van der Waals surface area contributed by atoms with E-state index in [1.54, 1.807) is 5.38 Å². The minimum Gasteiger partial charge on any atom is -0.374 e. The Balaban J connectivity index is 0.000000219. The summed E-state index contributed by atoms with van der Waals surface area (Å²) in [5.74, 6) is 0.915. The maximum Gasteiger partial charge on any atom is 0.344 e. The fraction of sp³-hybridized carbons (Fsp3) is 0.412. The van der Waals surface area contributed by atoms with E-state index in [1.807, 2.05) is 11.8 Å². The van der Waals surface area contributed by atoms with E-state index < -0.39 is 0 Å². The first-order valence-electron chi connectivity index (χ1n) is 8.18. The maximum atomic E-state index is 10.1. The molecule has 0 bridgehead atoms. The third kappa shape index (κ3) is 4.58. The fourth-order valence-electron chi connectivity index (χ4n) is 2.91. The molecule has 8 heteroatoms. The zero-order valence-electron chi connectivity index (χ0n) is 14.3. The highest BCUT2D eigenvalue weighted by Crippen LogP contribution is 2.28. The van der Waals surface area contributed by atoms with Gasteiger partial charge in [0, 0.05) is 29.9 Å². The molecule has 1 N–H and O–H groups in total. The molecule has 0 fully saturated rings. The molecule has 1 aromatic heterocycles. The van der Waals surface area contributed by atoms with Crippen LogP contribution in [0.2, 0.25) is 0 Å². The van der Waals surface area contributed by atoms with E-state index >= 15 is 0 Å². The van der Waals surface area contributed by atoms with E-state index in [2.05, 4.69) is 57.8 Å². The summed E-state index contributed by atoms with van der Waals surface area (Å²) in [6.07, 6.45) is 3.92. The van der Waals surface area contributed by atoms with Gasteiger partial charge in [0.15, 0.2) is 0 Å². The van der Waals surface area contributed by atoms with Gasteiger partial charge in [0.1, 0.15) is 0 Å². The number of rotatable bonds is 1. The third-order valence-corrected chi connectivity index (χ3v) is 5.70. The summed E-state index contributed by atoms with van der Waals surface area (Å²) in [6.45, 7) is 3.40. The molecule has 0 amide bonds. The number of hydrogen-bond donors (Lipinski definition) is 1. The number of thioether (sulfide) groups is 1. The Kier molecular flexibility index (Phi) is 6.04. The Morgan fingerprint density at radius 3 is 2.92 bits per heavy atom. The Morgan fingerprint density at radius 2 is 2.24 bits per heavy atom. The molecular formula is C17H21N5OS2. The molecule has 3 heterocycles. The molecule has 6 nitrogen and oxygen atoms in total. The molecule has 0 saturated carbocycles. The number of benzene rings is 1. The summed E-state index contributed by atoms with van der Waals surface area (Å²) in [6, 6.07) is 6.79. The predicted molar refractivity (Wildman–Crippen MR) is 106 cm³/mol. The van der Waals surface area contributed by atoms with Crippen LogP contribution in [0.15, 0.2) is 39.7 Å². The second kappa shape index (κ2) is 8.44. The van der Waals surface area contributed by atoms with Gasteiger partial charge >= 0.3 is 4.87 Å². The van der Waals surface area contributed by atoms with Gasteiger partial charge in [0.25, 0.3) is 0 Å². The average molecular weight is 376 g/mol. The van der Waals surface area contributed by atoms with Gasteiger partial charge < -0.3 is 4.90 Å². The smallest absolute Gasteiger partial charge is 0.344 e. The lowest BCUT2D eigenvalue weighted by Crippen LogP contribution is -2.28. The van der Waals surface area contributed by atoms with Gasteiger partial charge in [0.05, 0.1) is 17.8 Å². The monoisotopic (exact) mass is 375 g/mol. The molecule has 1 atom stereocenters. The van der Waals surface area contributed by atoms with E-state index in [4.69, 9.17) is 0 Å². The van der Waals surface area contributed by atoms with Gasteiger partial charge in [0.2, 0.25) is 0 Å². The molecule has 0 spiro atoms. The van der Waals surface area contributed by atoms with Crippen molar-refractivity contribution in [3.63, 3.8) is 0 Å². The predicted octanol–water partition coefficient (Wildman–Crippen LogP) is 2.35. The van der Waals surface area contributed by atoms with Crippen molar-refractivity contribution in [3.05, 3.63) is 50.6 Å². The second-order valence-corrected chi connectivity index (χ2v) is 8.05. The van der Waals surface area contributed by atoms with Crippen molar-refractivity contribution in [3.8, 4) is 0 Å². The van der Waals surface area contributed by atoms with Crippen LogP contribution < -0.4 is 15.2 Å². The average Bonchev–Trinajstić information content (AvgIpc) is 2.63. The number of anilines is 1. The van der Waals surface area contributed by atoms with Crippen LogP contribution in [0.1, 0.15) is 24.5 Å². The molecule has 0 aliphatic carbocycles. The van der Waals surface area contributed by atoms with E-state index in [9.17, 15) is 4.79 Å².